The van der Waals surface area contributed by atoms with Crippen molar-refractivity contribution in [1.29, 1.82) is 0 Å². The minimum atomic E-state index is -3.43. The molecule has 1 atom stereocenters. The van der Waals surface area contributed by atoms with Gasteiger partial charge in [-0.05, 0) is 23.6 Å². The number of carboxylic acid groups (broad SMARTS) is 1. The van der Waals surface area contributed by atoms with Gasteiger partial charge in [-0.15, -0.1) is 0 Å². The number of methoxy groups -OCH3 is 1. The summed E-state index contributed by atoms with van der Waals surface area (Å²) in [4.78, 5) is 10.7. The third-order valence-corrected chi connectivity index (χ3v) is 3.98. The van der Waals surface area contributed by atoms with E-state index in [0.717, 1.165) is 0 Å². The number of carboxylic acids is 1. The van der Waals surface area contributed by atoms with Crippen LogP contribution in [0.1, 0.15) is 22.8 Å². The Hall–Kier alpha value is -1.44. The predicted molar refractivity (Wildman–Crippen MR) is 75.1 cm³/mol. The lowest BCUT2D eigenvalue weighted by molar-refractivity contribution is 0.0697. The molecule has 6 nitrogen and oxygen atoms in total. The Morgan fingerprint density at radius 2 is 1.95 bits per heavy atom. The first-order valence-corrected chi connectivity index (χ1v) is 7.78. The topological polar surface area (TPSA) is 92.7 Å². The fraction of sp³-hybridized carbons (Fsp3) is 0.462. The molecule has 1 rings (SSSR count). The Morgan fingerprint density at radius 1 is 1.35 bits per heavy atom. The molecule has 1 unspecified atom stereocenters. The van der Waals surface area contributed by atoms with Crippen LogP contribution in [0.3, 0.4) is 0 Å². The maximum absolute atomic E-state index is 11.9. The number of rotatable bonds is 8. The van der Waals surface area contributed by atoms with Gasteiger partial charge in [-0.2, -0.15) is 0 Å². The number of benzene rings is 1. The normalized spacial score (nSPS) is 13.1. The quantitative estimate of drug-likeness (QED) is 0.749. The van der Waals surface area contributed by atoms with Crippen molar-refractivity contribution in [2.45, 2.75) is 12.7 Å². The van der Waals surface area contributed by atoms with E-state index in [1.54, 1.807) is 7.11 Å². The van der Waals surface area contributed by atoms with E-state index in [-0.39, 0.29) is 17.2 Å². The number of hydrogen-bond donors (Lipinski definition) is 2. The molecular weight excluding hydrogens is 282 g/mol. The van der Waals surface area contributed by atoms with Crippen LogP contribution in [0.15, 0.2) is 24.3 Å². The summed E-state index contributed by atoms with van der Waals surface area (Å²) in [5, 5.41) is 8.76. The van der Waals surface area contributed by atoms with E-state index in [9.17, 15) is 13.2 Å². The first kappa shape index (κ1) is 16.6. The molecule has 0 aromatic heterocycles. The largest absolute Gasteiger partial charge is 0.478 e. The summed E-state index contributed by atoms with van der Waals surface area (Å²) in [6.07, 6.45) is 0. The second kappa shape index (κ2) is 7.37. The summed E-state index contributed by atoms with van der Waals surface area (Å²) < 4.78 is 31.2. The monoisotopic (exact) mass is 301 g/mol. The van der Waals surface area contributed by atoms with Crippen LogP contribution < -0.4 is 4.72 Å². The van der Waals surface area contributed by atoms with Crippen LogP contribution in [0, 0.1) is 5.92 Å². The summed E-state index contributed by atoms with van der Waals surface area (Å²) in [5.41, 5.74) is 0.676. The van der Waals surface area contributed by atoms with Gasteiger partial charge in [-0.1, -0.05) is 19.1 Å². The number of ether oxygens (including phenoxy) is 1. The fourth-order valence-electron chi connectivity index (χ4n) is 1.63. The lowest BCUT2D eigenvalue weighted by Gasteiger charge is -2.12. The highest BCUT2D eigenvalue weighted by Gasteiger charge is 2.13. The van der Waals surface area contributed by atoms with Crippen LogP contribution in [0.2, 0.25) is 0 Å². The minimum absolute atomic E-state index is 0.0872. The predicted octanol–water partition coefficient (Wildman–Crippen LogP) is 1.09. The fourth-order valence-corrected chi connectivity index (χ4v) is 2.90. The van der Waals surface area contributed by atoms with Crippen molar-refractivity contribution in [1.82, 2.24) is 4.72 Å². The third-order valence-electron chi connectivity index (χ3n) is 2.66. The SMILES string of the molecule is COCC(C)CNS(=O)(=O)Cc1ccc(C(=O)O)cc1. The second-order valence-electron chi connectivity index (χ2n) is 4.67. The Bertz CT molecular complexity index is 538. The maximum Gasteiger partial charge on any atom is 0.335 e. The van der Waals surface area contributed by atoms with E-state index in [2.05, 4.69) is 4.72 Å². The molecule has 0 radical (unpaired) electrons. The zero-order valence-electron chi connectivity index (χ0n) is 11.5. The van der Waals surface area contributed by atoms with E-state index in [1.165, 1.54) is 24.3 Å². The molecule has 0 fully saturated rings. The maximum atomic E-state index is 11.9. The summed E-state index contributed by atoms with van der Waals surface area (Å²) >= 11 is 0. The molecule has 0 aliphatic rings. The number of carbonyl (C=O) groups is 1. The molecule has 0 spiro atoms. The number of aromatic carboxylic acids is 1. The van der Waals surface area contributed by atoms with Crippen molar-refractivity contribution in [3.63, 3.8) is 0 Å². The van der Waals surface area contributed by atoms with E-state index in [0.29, 0.717) is 18.7 Å². The van der Waals surface area contributed by atoms with E-state index < -0.39 is 16.0 Å². The first-order chi connectivity index (χ1) is 9.34. The van der Waals surface area contributed by atoms with Gasteiger partial charge < -0.3 is 9.84 Å². The van der Waals surface area contributed by atoms with E-state index in [4.69, 9.17) is 9.84 Å². The van der Waals surface area contributed by atoms with Crippen LogP contribution >= 0.6 is 0 Å². The molecule has 0 aliphatic carbocycles. The summed E-state index contributed by atoms with van der Waals surface area (Å²) in [5.74, 6) is -1.12. The summed E-state index contributed by atoms with van der Waals surface area (Å²) in [7, 11) is -1.87. The van der Waals surface area contributed by atoms with Crippen LogP contribution in [-0.4, -0.2) is 39.8 Å². The Kier molecular flexibility index (Phi) is 6.12. The molecule has 0 saturated heterocycles. The molecular formula is C13H19NO5S. The summed E-state index contributed by atoms with van der Waals surface area (Å²) in [6.45, 7) is 2.67. The minimum Gasteiger partial charge on any atom is -0.478 e. The van der Waals surface area contributed by atoms with Gasteiger partial charge in [0, 0.05) is 20.3 Å². The highest BCUT2D eigenvalue weighted by Crippen LogP contribution is 2.08. The smallest absolute Gasteiger partial charge is 0.335 e. The van der Waals surface area contributed by atoms with Crippen LogP contribution in [-0.2, 0) is 20.5 Å². The molecule has 0 heterocycles. The van der Waals surface area contributed by atoms with Crippen LogP contribution in [0.25, 0.3) is 0 Å². The molecule has 20 heavy (non-hydrogen) atoms. The van der Waals surface area contributed by atoms with Crippen molar-refractivity contribution >= 4 is 16.0 Å². The van der Waals surface area contributed by atoms with Gasteiger partial charge in [0.25, 0.3) is 0 Å². The molecule has 0 saturated carbocycles. The van der Waals surface area contributed by atoms with E-state index in [1.807, 2.05) is 6.92 Å². The van der Waals surface area contributed by atoms with Gasteiger partial charge in [0.1, 0.15) is 0 Å². The summed E-state index contributed by atoms with van der Waals surface area (Å²) in [6, 6.07) is 5.78. The van der Waals surface area contributed by atoms with Crippen molar-refractivity contribution in [2.24, 2.45) is 5.92 Å². The van der Waals surface area contributed by atoms with Crippen molar-refractivity contribution in [3.05, 3.63) is 35.4 Å². The van der Waals surface area contributed by atoms with E-state index >= 15 is 0 Å². The Morgan fingerprint density at radius 3 is 2.45 bits per heavy atom. The molecule has 1 aromatic carbocycles. The van der Waals surface area contributed by atoms with Crippen molar-refractivity contribution in [2.75, 3.05) is 20.3 Å². The van der Waals surface area contributed by atoms with Gasteiger partial charge in [-0.25, -0.2) is 17.9 Å². The first-order valence-electron chi connectivity index (χ1n) is 6.12. The Balaban J connectivity index is 2.59. The van der Waals surface area contributed by atoms with Crippen LogP contribution in [0.5, 0.6) is 0 Å². The average Bonchev–Trinajstić information content (AvgIpc) is 2.37. The highest BCUT2D eigenvalue weighted by molar-refractivity contribution is 7.88. The van der Waals surface area contributed by atoms with Gasteiger partial charge in [0.15, 0.2) is 0 Å². The average molecular weight is 301 g/mol. The van der Waals surface area contributed by atoms with Gasteiger partial charge in [-0.3, -0.25) is 0 Å². The van der Waals surface area contributed by atoms with Gasteiger partial charge >= 0.3 is 5.97 Å². The molecule has 112 valence electrons. The molecule has 0 aliphatic heterocycles. The van der Waals surface area contributed by atoms with Gasteiger partial charge in [0.05, 0.1) is 11.3 Å². The number of nitrogens with one attached hydrogen (secondary N) is 1. The molecule has 7 heteroatoms. The second-order valence-corrected chi connectivity index (χ2v) is 6.48. The zero-order chi connectivity index (χ0) is 15.2. The van der Waals surface area contributed by atoms with Crippen molar-refractivity contribution in [3.8, 4) is 0 Å². The number of hydrogen-bond acceptors (Lipinski definition) is 4. The third kappa shape index (κ3) is 5.68. The number of sulfonamides is 1. The lowest BCUT2D eigenvalue weighted by atomic mass is 10.1. The van der Waals surface area contributed by atoms with Gasteiger partial charge in [0.2, 0.25) is 10.0 Å². The molecule has 0 amide bonds. The standard InChI is InChI=1S/C13H19NO5S/c1-10(8-19-2)7-14-20(17,18)9-11-3-5-12(6-4-11)13(15)16/h3-6,10,14H,7-9H2,1-2H3,(H,15,16). The molecule has 1 aromatic rings. The van der Waals surface area contributed by atoms with Crippen LogP contribution in [0.4, 0.5) is 0 Å². The molecule has 2 N–H and O–H groups in total. The Labute approximate surface area is 118 Å². The van der Waals surface area contributed by atoms with Crippen molar-refractivity contribution < 1.29 is 23.1 Å². The molecule has 0 bridgehead atoms. The highest BCUT2D eigenvalue weighted by atomic mass is 32.2. The lowest BCUT2D eigenvalue weighted by Crippen LogP contribution is -2.31. The zero-order valence-corrected chi connectivity index (χ0v) is 12.3.